The number of hydrogen-bond acceptors (Lipinski definition) is 3. The minimum absolute atomic E-state index is 0.640. The minimum atomic E-state index is 0.640. The van der Waals surface area contributed by atoms with Gasteiger partial charge in [0.1, 0.15) is 5.75 Å². The molecule has 1 saturated heterocycles. The summed E-state index contributed by atoms with van der Waals surface area (Å²) in [6.07, 6.45) is 4.42. The van der Waals surface area contributed by atoms with Crippen LogP contribution in [0.25, 0.3) is 6.08 Å². The SMILES string of the molecule is CCOc1ccccc1NC(=S)N1CCN(CC=Cc2ccccc2)CC1. The Balaban J connectivity index is 1.46. The third-order valence-corrected chi connectivity index (χ3v) is 4.92. The minimum Gasteiger partial charge on any atom is -0.492 e. The van der Waals surface area contributed by atoms with Crippen molar-refractivity contribution in [3.8, 4) is 5.75 Å². The molecule has 2 aromatic rings. The Bertz CT molecular complexity index is 755. The van der Waals surface area contributed by atoms with E-state index in [1.165, 1.54) is 5.56 Å². The summed E-state index contributed by atoms with van der Waals surface area (Å²) in [7, 11) is 0. The smallest absolute Gasteiger partial charge is 0.173 e. The molecule has 0 saturated carbocycles. The Morgan fingerprint density at radius 2 is 1.74 bits per heavy atom. The van der Waals surface area contributed by atoms with Gasteiger partial charge in [0, 0.05) is 32.7 Å². The van der Waals surface area contributed by atoms with Crippen molar-refractivity contribution in [2.45, 2.75) is 6.92 Å². The first-order chi connectivity index (χ1) is 13.3. The highest BCUT2D eigenvalue weighted by molar-refractivity contribution is 7.80. The lowest BCUT2D eigenvalue weighted by Gasteiger charge is -2.35. The standard InChI is InChI=1S/C22H27N3OS/c1-2-26-21-13-7-6-12-20(21)23-22(27)25-17-15-24(16-18-25)14-8-11-19-9-4-3-5-10-19/h3-13H,2,14-18H2,1H3,(H,23,27). The van der Waals surface area contributed by atoms with E-state index in [-0.39, 0.29) is 0 Å². The van der Waals surface area contributed by atoms with E-state index in [1.54, 1.807) is 0 Å². The fraction of sp³-hybridized carbons (Fsp3) is 0.318. The average Bonchev–Trinajstić information content (AvgIpc) is 2.71. The molecule has 0 aromatic heterocycles. The quantitative estimate of drug-likeness (QED) is 0.760. The number of thiocarbonyl (C=S) groups is 1. The molecule has 1 N–H and O–H groups in total. The fourth-order valence-electron chi connectivity index (χ4n) is 3.08. The first-order valence-corrected chi connectivity index (χ1v) is 9.89. The molecule has 1 aliphatic heterocycles. The molecule has 0 amide bonds. The van der Waals surface area contributed by atoms with Crippen LogP contribution in [0, 0.1) is 0 Å². The van der Waals surface area contributed by atoms with E-state index in [1.807, 2.05) is 37.3 Å². The van der Waals surface area contributed by atoms with E-state index in [0.29, 0.717) is 6.61 Å². The third kappa shape index (κ3) is 5.81. The van der Waals surface area contributed by atoms with E-state index in [0.717, 1.165) is 49.3 Å². The molecular weight excluding hydrogens is 354 g/mol. The normalized spacial score (nSPS) is 15.1. The molecule has 4 nitrogen and oxygen atoms in total. The van der Waals surface area contributed by atoms with Crippen molar-refractivity contribution in [1.29, 1.82) is 0 Å². The zero-order chi connectivity index (χ0) is 18.9. The summed E-state index contributed by atoms with van der Waals surface area (Å²) in [5.41, 5.74) is 2.17. The highest BCUT2D eigenvalue weighted by Crippen LogP contribution is 2.24. The zero-order valence-corrected chi connectivity index (χ0v) is 16.6. The van der Waals surface area contributed by atoms with Crippen LogP contribution in [-0.2, 0) is 0 Å². The van der Waals surface area contributed by atoms with Crippen LogP contribution < -0.4 is 10.1 Å². The molecule has 1 heterocycles. The second-order valence-electron chi connectivity index (χ2n) is 6.46. The average molecular weight is 382 g/mol. The molecule has 5 heteroatoms. The molecule has 1 fully saturated rings. The maximum atomic E-state index is 5.67. The highest BCUT2D eigenvalue weighted by atomic mass is 32.1. The van der Waals surface area contributed by atoms with Crippen LogP contribution >= 0.6 is 12.2 Å². The Kier molecular flexibility index (Phi) is 7.25. The summed E-state index contributed by atoms with van der Waals surface area (Å²) in [6, 6.07) is 18.3. The number of piperazine rings is 1. The van der Waals surface area contributed by atoms with Crippen molar-refractivity contribution in [2.24, 2.45) is 0 Å². The van der Waals surface area contributed by atoms with E-state index in [9.17, 15) is 0 Å². The second-order valence-corrected chi connectivity index (χ2v) is 6.85. The van der Waals surface area contributed by atoms with Gasteiger partial charge in [-0.1, -0.05) is 54.6 Å². The summed E-state index contributed by atoms with van der Waals surface area (Å²) in [4.78, 5) is 4.68. The molecule has 3 rings (SSSR count). The summed E-state index contributed by atoms with van der Waals surface area (Å²) >= 11 is 5.62. The van der Waals surface area contributed by atoms with Crippen molar-refractivity contribution in [3.05, 3.63) is 66.2 Å². The third-order valence-electron chi connectivity index (χ3n) is 4.56. The molecule has 0 aliphatic carbocycles. The fourth-order valence-corrected chi connectivity index (χ4v) is 3.37. The zero-order valence-electron chi connectivity index (χ0n) is 15.8. The number of hydrogen-bond donors (Lipinski definition) is 1. The van der Waals surface area contributed by atoms with Crippen molar-refractivity contribution in [2.75, 3.05) is 44.6 Å². The van der Waals surface area contributed by atoms with Gasteiger partial charge in [-0.25, -0.2) is 0 Å². The molecule has 0 atom stereocenters. The van der Waals surface area contributed by atoms with Crippen molar-refractivity contribution >= 4 is 29.1 Å². The molecule has 1 aliphatic rings. The number of ether oxygens (including phenoxy) is 1. The van der Waals surface area contributed by atoms with Gasteiger partial charge in [0.2, 0.25) is 0 Å². The maximum Gasteiger partial charge on any atom is 0.173 e. The lowest BCUT2D eigenvalue weighted by atomic mass is 10.2. The van der Waals surface area contributed by atoms with Gasteiger partial charge in [-0.3, -0.25) is 4.90 Å². The Morgan fingerprint density at radius 3 is 2.48 bits per heavy atom. The first-order valence-electron chi connectivity index (χ1n) is 9.48. The van der Waals surface area contributed by atoms with E-state index < -0.39 is 0 Å². The molecule has 0 radical (unpaired) electrons. The first kappa shape index (κ1) is 19.4. The summed E-state index contributed by atoms with van der Waals surface area (Å²) in [5.74, 6) is 0.840. The Labute approximate surface area is 167 Å². The van der Waals surface area contributed by atoms with Crippen molar-refractivity contribution in [3.63, 3.8) is 0 Å². The number of nitrogens with one attached hydrogen (secondary N) is 1. The van der Waals surface area contributed by atoms with Gasteiger partial charge < -0.3 is 15.0 Å². The monoisotopic (exact) mass is 381 g/mol. The summed E-state index contributed by atoms with van der Waals surface area (Å²) in [6.45, 7) is 7.48. The number of rotatable bonds is 6. The number of para-hydroxylation sites is 2. The predicted molar refractivity (Wildman–Crippen MR) is 117 cm³/mol. The molecule has 0 bridgehead atoms. The van der Waals surface area contributed by atoms with Crippen LogP contribution in [0.4, 0.5) is 5.69 Å². The van der Waals surface area contributed by atoms with Gasteiger partial charge in [0.15, 0.2) is 5.11 Å². The molecular formula is C22H27N3OS. The lowest BCUT2D eigenvalue weighted by molar-refractivity contribution is 0.199. The van der Waals surface area contributed by atoms with Crippen molar-refractivity contribution < 1.29 is 4.74 Å². The van der Waals surface area contributed by atoms with Crippen LogP contribution in [0.5, 0.6) is 5.75 Å². The van der Waals surface area contributed by atoms with Gasteiger partial charge in [-0.2, -0.15) is 0 Å². The lowest BCUT2D eigenvalue weighted by Crippen LogP contribution is -2.49. The number of anilines is 1. The molecule has 27 heavy (non-hydrogen) atoms. The van der Waals surface area contributed by atoms with Gasteiger partial charge in [-0.15, -0.1) is 0 Å². The maximum absolute atomic E-state index is 5.67. The van der Waals surface area contributed by atoms with Gasteiger partial charge in [0.05, 0.1) is 12.3 Å². The highest BCUT2D eigenvalue weighted by Gasteiger charge is 2.18. The van der Waals surface area contributed by atoms with Gasteiger partial charge >= 0.3 is 0 Å². The largest absolute Gasteiger partial charge is 0.492 e. The van der Waals surface area contributed by atoms with Gasteiger partial charge in [0.25, 0.3) is 0 Å². The molecule has 0 spiro atoms. The molecule has 2 aromatic carbocycles. The van der Waals surface area contributed by atoms with Crippen LogP contribution in [0.3, 0.4) is 0 Å². The summed E-state index contributed by atoms with van der Waals surface area (Å²) in [5, 5.41) is 4.11. The Morgan fingerprint density at radius 1 is 1.04 bits per heavy atom. The summed E-state index contributed by atoms with van der Waals surface area (Å²) < 4.78 is 5.67. The number of nitrogens with zero attached hydrogens (tertiary/aromatic N) is 2. The van der Waals surface area contributed by atoms with Crippen LogP contribution in [0.1, 0.15) is 12.5 Å². The topological polar surface area (TPSA) is 27.7 Å². The van der Waals surface area contributed by atoms with E-state index >= 15 is 0 Å². The van der Waals surface area contributed by atoms with Gasteiger partial charge in [-0.05, 0) is 36.8 Å². The Hall–Kier alpha value is -2.37. The van der Waals surface area contributed by atoms with E-state index in [4.69, 9.17) is 17.0 Å². The molecule has 142 valence electrons. The predicted octanol–water partition coefficient (Wildman–Crippen LogP) is 4.11. The van der Waals surface area contributed by atoms with Crippen LogP contribution in [-0.4, -0.2) is 54.2 Å². The molecule has 0 unspecified atom stereocenters. The van der Waals surface area contributed by atoms with Crippen molar-refractivity contribution in [1.82, 2.24) is 9.80 Å². The van der Waals surface area contributed by atoms with E-state index in [2.05, 4.69) is 51.5 Å². The van der Waals surface area contributed by atoms with Crippen LogP contribution in [0.15, 0.2) is 60.7 Å². The second kappa shape index (κ2) is 10.1. The number of benzene rings is 2. The van der Waals surface area contributed by atoms with Crippen LogP contribution in [0.2, 0.25) is 0 Å².